The Labute approximate surface area is 170 Å². The predicted octanol–water partition coefficient (Wildman–Crippen LogP) is 3.25. The number of carbonyl (C=O) groups is 2. The van der Waals surface area contributed by atoms with Gasteiger partial charge in [0.2, 0.25) is 0 Å². The molecule has 2 aromatic rings. The van der Waals surface area contributed by atoms with E-state index in [1.54, 1.807) is 36.4 Å². The van der Waals surface area contributed by atoms with Gasteiger partial charge in [-0.1, -0.05) is 35.9 Å². The molecule has 1 heterocycles. The van der Waals surface area contributed by atoms with Crippen molar-refractivity contribution < 1.29 is 14.7 Å². The summed E-state index contributed by atoms with van der Waals surface area (Å²) in [5.41, 5.74) is 2.28. The van der Waals surface area contributed by atoms with Crippen LogP contribution in [0.4, 0.5) is 0 Å². The number of halogens is 1. The standard InChI is InChI=1S/C22H25ClN2O3/c1-15-11-24(22(28)19-7-9-20(23)10-8-19)12-16(2)25(15)13-17-3-5-18(6-4-17)21(27)14-26/h3-10,15-16,26H,11-14H2,1-2H3/t15-,16+. The van der Waals surface area contributed by atoms with Gasteiger partial charge in [0.15, 0.2) is 5.78 Å². The maximum Gasteiger partial charge on any atom is 0.253 e. The van der Waals surface area contributed by atoms with Crippen LogP contribution in [0, 0.1) is 0 Å². The molecule has 5 nitrogen and oxygen atoms in total. The normalized spacial score (nSPS) is 20.2. The third-order valence-electron chi connectivity index (χ3n) is 5.26. The van der Waals surface area contributed by atoms with Gasteiger partial charge in [-0.2, -0.15) is 0 Å². The van der Waals surface area contributed by atoms with Crippen molar-refractivity contribution in [3.63, 3.8) is 0 Å². The smallest absolute Gasteiger partial charge is 0.253 e. The van der Waals surface area contributed by atoms with Crippen LogP contribution in [-0.4, -0.2) is 58.4 Å². The lowest BCUT2D eigenvalue weighted by atomic mass is 10.0. The van der Waals surface area contributed by atoms with E-state index in [1.807, 2.05) is 17.0 Å². The molecule has 1 amide bonds. The summed E-state index contributed by atoms with van der Waals surface area (Å²) in [6.45, 7) is 5.85. The second kappa shape index (κ2) is 8.86. The molecule has 1 aliphatic heterocycles. The monoisotopic (exact) mass is 400 g/mol. The molecule has 2 aromatic carbocycles. The van der Waals surface area contributed by atoms with Crippen molar-refractivity contribution in [2.45, 2.75) is 32.5 Å². The number of nitrogens with zero attached hydrogens (tertiary/aromatic N) is 2. The Balaban J connectivity index is 1.65. The summed E-state index contributed by atoms with van der Waals surface area (Å²) >= 11 is 5.92. The number of piperazine rings is 1. The zero-order valence-corrected chi connectivity index (χ0v) is 16.9. The Kier molecular flexibility index (Phi) is 6.50. The molecular formula is C22H25ClN2O3. The SMILES string of the molecule is C[C@@H]1CN(C(=O)c2ccc(Cl)cc2)C[C@H](C)N1Cc1ccc(C(=O)CO)cc1. The van der Waals surface area contributed by atoms with Gasteiger partial charge in [0.1, 0.15) is 6.61 Å². The molecule has 1 fully saturated rings. The fourth-order valence-electron chi connectivity index (χ4n) is 3.71. The van der Waals surface area contributed by atoms with Gasteiger partial charge in [-0.3, -0.25) is 14.5 Å². The van der Waals surface area contributed by atoms with E-state index in [0.29, 0.717) is 29.2 Å². The molecule has 6 heteroatoms. The third kappa shape index (κ3) is 4.61. The molecule has 3 rings (SSSR count). The lowest BCUT2D eigenvalue weighted by molar-refractivity contribution is 0.0269. The van der Waals surface area contributed by atoms with Crippen molar-refractivity contribution >= 4 is 23.3 Å². The van der Waals surface area contributed by atoms with Gasteiger partial charge in [0.05, 0.1) is 0 Å². The molecule has 148 valence electrons. The number of hydrogen-bond donors (Lipinski definition) is 1. The van der Waals surface area contributed by atoms with Gasteiger partial charge in [0, 0.05) is 47.9 Å². The Morgan fingerprint density at radius 2 is 1.50 bits per heavy atom. The van der Waals surface area contributed by atoms with Crippen LogP contribution in [-0.2, 0) is 6.54 Å². The number of aliphatic hydroxyl groups excluding tert-OH is 1. The van der Waals surface area contributed by atoms with Crippen LogP contribution < -0.4 is 0 Å². The molecule has 1 N–H and O–H groups in total. The quantitative estimate of drug-likeness (QED) is 0.782. The van der Waals surface area contributed by atoms with Crippen molar-refractivity contribution in [1.29, 1.82) is 0 Å². The molecule has 0 spiro atoms. The highest BCUT2D eigenvalue weighted by Crippen LogP contribution is 2.21. The average molecular weight is 401 g/mol. The van der Waals surface area contributed by atoms with Crippen molar-refractivity contribution in [1.82, 2.24) is 9.80 Å². The summed E-state index contributed by atoms with van der Waals surface area (Å²) in [4.78, 5) is 28.6. The van der Waals surface area contributed by atoms with E-state index < -0.39 is 6.61 Å². The van der Waals surface area contributed by atoms with E-state index in [9.17, 15) is 9.59 Å². The summed E-state index contributed by atoms with van der Waals surface area (Å²) in [7, 11) is 0. The maximum atomic E-state index is 12.8. The largest absolute Gasteiger partial charge is 0.388 e. The molecule has 0 saturated carbocycles. The summed E-state index contributed by atoms with van der Waals surface area (Å²) in [5.74, 6) is -0.246. The minimum absolute atomic E-state index is 0.0295. The van der Waals surface area contributed by atoms with Crippen molar-refractivity contribution in [3.05, 3.63) is 70.2 Å². The van der Waals surface area contributed by atoms with E-state index in [-0.39, 0.29) is 23.8 Å². The lowest BCUT2D eigenvalue weighted by Gasteiger charge is -2.44. The fraction of sp³-hybridized carbons (Fsp3) is 0.364. The lowest BCUT2D eigenvalue weighted by Crippen LogP contribution is -2.57. The second-order valence-corrected chi connectivity index (χ2v) is 7.80. The summed E-state index contributed by atoms with van der Waals surface area (Å²) in [6.07, 6.45) is 0. The van der Waals surface area contributed by atoms with Crippen molar-refractivity contribution in [2.75, 3.05) is 19.7 Å². The number of rotatable bonds is 5. The molecule has 0 radical (unpaired) electrons. The third-order valence-corrected chi connectivity index (χ3v) is 5.52. The number of Topliss-reactive ketones (excluding diaryl/α,β-unsaturated/α-hetero) is 1. The number of benzene rings is 2. The molecular weight excluding hydrogens is 376 g/mol. The zero-order chi connectivity index (χ0) is 20.3. The van der Waals surface area contributed by atoms with Gasteiger partial charge in [-0.15, -0.1) is 0 Å². The number of aliphatic hydroxyl groups is 1. The first-order chi connectivity index (χ1) is 13.4. The Bertz CT molecular complexity index is 824. The number of ketones is 1. The molecule has 1 aliphatic rings. The minimum Gasteiger partial charge on any atom is -0.388 e. The highest BCUT2D eigenvalue weighted by atomic mass is 35.5. The van der Waals surface area contributed by atoms with Crippen LogP contribution >= 0.6 is 11.6 Å². The number of carbonyl (C=O) groups excluding carboxylic acids is 2. The van der Waals surface area contributed by atoms with Crippen LogP contribution in [0.5, 0.6) is 0 Å². The van der Waals surface area contributed by atoms with E-state index in [2.05, 4.69) is 18.7 Å². The molecule has 1 saturated heterocycles. The second-order valence-electron chi connectivity index (χ2n) is 7.37. The van der Waals surface area contributed by atoms with Gasteiger partial charge in [0.25, 0.3) is 5.91 Å². The fourth-order valence-corrected chi connectivity index (χ4v) is 3.83. The van der Waals surface area contributed by atoms with E-state index in [1.165, 1.54) is 0 Å². The Morgan fingerprint density at radius 3 is 2.04 bits per heavy atom. The molecule has 28 heavy (non-hydrogen) atoms. The highest BCUT2D eigenvalue weighted by molar-refractivity contribution is 6.30. The Morgan fingerprint density at radius 1 is 0.964 bits per heavy atom. The predicted molar refractivity (Wildman–Crippen MR) is 110 cm³/mol. The van der Waals surface area contributed by atoms with Gasteiger partial charge in [-0.05, 0) is 43.7 Å². The summed E-state index contributed by atoms with van der Waals surface area (Å²) < 4.78 is 0. The van der Waals surface area contributed by atoms with Crippen LogP contribution in [0.15, 0.2) is 48.5 Å². The van der Waals surface area contributed by atoms with E-state index in [4.69, 9.17) is 16.7 Å². The van der Waals surface area contributed by atoms with Gasteiger partial charge < -0.3 is 10.0 Å². The van der Waals surface area contributed by atoms with Crippen molar-refractivity contribution in [3.8, 4) is 0 Å². The Hall–Kier alpha value is -2.21. The molecule has 0 aliphatic carbocycles. The van der Waals surface area contributed by atoms with E-state index >= 15 is 0 Å². The zero-order valence-electron chi connectivity index (χ0n) is 16.1. The van der Waals surface area contributed by atoms with Gasteiger partial charge in [-0.25, -0.2) is 0 Å². The first-order valence-electron chi connectivity index (χ1n) is 9.42. The van der Waals surface area contributed by atoms with E-state index in [0.717, 1.165) is 12.1 Å². The van der Waals surface area contributed by atoms with Crippen LogP contribution in [0.1, 0.15) is 40.1 Å². The van der Waals surface area contributed by atoms with Gasteiger partial charge >= 0.3 is 0 Å². The topological polar surface area (TPSA) is 60.9 Å². The average Bonchev–Trinajstić information content (AvgIpc) is 2.70. The minimum atomic E-state index is -0.475. The number of amides is 1. The summed E-state index contributed by atoms with van der Waals surface area (Å²) in [6, 6.07) is 14.8. The highest BCUT2D eigenvalue weighted by Gasteiger charge is 2.32. The summed E-state index contributed by atoms with van der Waals surface area (Å²) in [5, 5.41) is 9.58. The maximum absolute atomic E-state index is 12.8. The van der Waals surface area contributed by atoms with Crippen LogP contribution in [0.2, 0.25) is 5.02 Å². The molecule has 0 aromatic heterocycles. The van der Waals surface area contributed by atoms with Crippen molar-refractivity contribution in [2.24, 2.45) is 0 Å². The van der Waals surface area contributed by atoms with Crippen LogP contribution in [0.3, 0.4) is 0 Å². The number of hydrogen-bond acceptors (Lipinski definition) is 4. The molecule has 0 bridgehead atoms. The first-order valence-corrected chi connectivity index (χ1v) is 9.80. The molecule has 0 unspecified atom stereocenters. The van der Waals surface area contributed by atoms with Crippen LogP contribution in [0.25, 0.3) is 0 Å². The first kappa shape index (κ1) is 20.5. The molecule has 2 atom stereocenters.